The van der Waals surface area contributed by atoms with E-state index in [1.807, 2.05) is 0 Å². The first kappa shape index (κ1) is 13.5. The minimum atomic E-state index is -4.14. The maximum Gasteiger partial charge on any atom is 0.389 e. The average Bonchev–Trinajstić information content (AvgIpc) is 2.34. The first-order valence-electron chi connectivity index (χ1n) is 5.80. The first-order chi connectivity index (χ1) is 8.97. The molecule has 2 N–H and O–H groups in total. The van der Waals surface area contributed by atoms with Crippen molar-refractivity contribution in [2.75, 3.05) is 12.3 Å². The van der Waals surface area contributed by atoms with Gasteiger partial charge in [-0.15, -0.1) is 0 Å². The normalized spacial score (nSPS) is 11.7. The summed E-state index contributed by atoms with van der Waals surface area (Å²) in [6.45, 7) is 0.00736. The number of nitrogens with zero attached hydrogens (tertiary/aromatic N) is 1. The summed E-state index contributed by atoms with van der Waals surface area (Å²) in [6.07, 6.45) is -3.54. The number of nitrogens with two attached hydrogens (primary N) is 1. The zero-order chi connectivity index (χ0) is 13.9. The molecule has 0 radical (unpaired) electrons. The van der Waals surface area contributed by atoms with Crippen LogP contribution in [0.25, 0.3) is 10.9 Å². The number of para-hydroxylation sites is 1. The minimum absolute atomic E-state index is 0.00736. The van der Waals surface area contributed by atoms with Gasteiger partial charge in [-0.1, -0.05) is 6.07 Å². The largest absolute Gasteiger partial charge is 0.493 e. The van der Waals surface area contributed by atoms with Gasteiger partial charge in [0.05, 0.1) is 17.8 Å². The van der Waals surface area contributed by atoms with Gasteiger partial charge in [0.15, 0.2) is 0 Å². The highest BCUT2D eigenvalue weighted by Gasteiger charge is 2.26. The molecular weight excluding hydrogens is 257 g/mol. The Morgan fingerprint density at radius 2 is 2.00 bits per heavy atom. The summed E-state index contributed by atoms with van der Waals surface area (Å²) < 4.78 is 41.4. The molecule has 0 unspecified atom stereocenters. The van der Waals surface area contributed by atoms with Gasteiger partial charge in [0.25, 0.3) is 0 Å². The molecule has 1 heterocycles. The van der Waals surface area contributed by atoms with Crippen molar-refractivity contribution in [1.29, 1.82) is 0 Å². The number of benzene rings is 1. The van der Waals surface area contributed by atoms with Crippen molar-refractivity contribution >= 4 is 16.6 Å². The number of halogens is 3. The highest BCUT2D eigenvalue weighted by atomic mass is 19.4. The van der Waals surface area contributed by atoms with Crippen molar-refractivity contribution in [1.82, 2.24) is 4.98 Å². The van der Waals surface area contributed by atoms with E-state index in [-0.39, 0.29) is 13.0 Å². The summed E-state index contributed by atoms with van der Waals surface area (Å²) >= 11 is 0. The molecule has 3 nitrogen and oxygen atoms in total. The maximum absolute atomic E-state index is 12.0. The lowest BCUT2D eigenvalue weighted by Gasteiger charge is -2.10. The second-order valence-electron chi connectivity index (χ2n) is 4.12. The van der Waals surface area contributed by atoms with E-state index < -0.39 is 12.6 Å². The number of hydrogen-bond acceptors (Lipinski definition) is 3. The van der Waals surface area contributed by atoms with E-state index in [1.165, 1.54) is 6.20 Å². The van der Waals surface area contributed by atoms with E-state index in [0.29, 0.717) is 22.3 Å². The summed E-state index contributed by atoms with van der Waals surface area (Å²) in [6, 6.07) is 6.86. The molecular formula is C13H13F3N2O. The van der Waals surface area contributed by atoms with E-state index >= 15 is 0 Å². The lowest BCUT2D eigenvalue weighted by atomic mass is 10.2. The summed E-state index contributed by atoms with van der Waals surface area (Å²) in [5.74, 6) is 0.500. The van der Waals surface area contributed by atoms with Gasteiger partial charge < -0.3 is 10.5 Å². The van der Waals surface area contributed by atoms with Gasteiger partial charge in [0.1, 0.15) is 5.75 Å². The van der Waals surface area contributed by atoms with Crippen LogP contribution in [0, 0.1) is 0 Å². The maximum atomic E-state index is 12.0. The Kier molecular flexibility index (Phi) is 3.78. The Labute approximate surface area is 108 Å². The molecule has 0 saturated carbocycles. The lowest BCUT2D eigenvalue weighted by molar-refractivity contribution is -0.136. The van der Waals surface area contributed by atoms with Crippen LogP contribution in [0.3, 0.4) is 0 Å². The van der Waals surface area contributed by atoms with Gasteiger partial charge in [0.2, 0.25) is 0 Å². The van der Waals surface area contributed by atoms with Gasteiger partial charge in [0, 0.05) is 18.0 Å². The molecule has 0 bridgehead atoms. The summed E-state index contributed by atoms with van der Waals surface area (Å²) in [5, 5.41) is 0.703. The summed E-state index contributed by atoms with van der Waals surface area (Å²) in [4.78, 5) is 4.12. The molecule has 0 aliphatic rings. The lowest BCUT2D eigenvalue weighted by Crippen LogP contribution is -2.09. The molecule has 0 aliphatic heterocycles. The number of aromatic nitrogens is 1. The van der Waals surface area contributed by atoms with Gasteiger partial charge in [-0.2, -0.15) is 13.2 Å². The van der Waals surface area contributed by atoms with Gasteiger partial charge in [-0.05, 0) is 24.6 Å². The molecule has 2 aromatic rings. The van der Waals surface area contributed by atoms with Crippen molar-refractivity contribution in [2.45, 2.75) is 19.0 Å². The summed E-state index contributed by atoms with van der Waals surface area (Å²) in [5.41, 5.74) is 6.88. The van der Waals surface area contributed by atoms with Crippen LogP contribution in [-0.4, -0.2) is 17.8 Å². The molecule has 1 aromatic carbocycles. The van der Waals surface area contributed by atoms with Crippen LogP contribution >= 0.6 is 0 Å². The second-order valence-corrected chi connectivity index (χ2v) is 4.12. The molecule has 6 heteroatoms. The minimum Gasteiger partial charge on any atom is -0.493 e. The quantitative estimate of drug-likeness (QED) is 0.682. The van der Waals surface area contributed by atoms with Crippen LogP contribution < -0.4 is 10.5 Å². The molecule has 0 atom stereocenters. The number of fused-ring (bicyclic) bond motifs is 1. The predicted molar refractivity (Wildman–Crippen MR) is 66.9 cm³/mol. The summed E-state index contributed by atoms with van der Waals surface area (Å²) in [7, 11) is 0. The monoisotopic (exact) mass is 270 g/mol. The molecule has 19 heavy (non-hydrogen) atoms. The van der Waals surface area contributed by atoms with Crippen molar-refractivity contribution in [3.63, 3.8) is 0 Å². The number of nitrogen functional groups attached to an aromatic ring is 1. The number of pyridine rings is 1. The fourth-order valence-corrected chi connectivity index (χ4v) is 1.75. The van der Waals surface area contributed by atoms with Crippen LogP contribution in [0.15, 0.2) is 30.5 Å². The van der Waals surface area contributed by atoms with Crippen LogP contribution in [0.4, 0.5) is 18.9 Å². The molecule has 1 aromatic heterocycles. The molecule has 2 rings (SSSR count). The van der Waals surface area contributed by atoms with Gasteiger partial charge >= 0.3 is 6.18 Å². The molecule has 0 fully saturated rings. The molecule has 0 aliphatic carbocycles. The van der Waals surface area contributed by atoms with Crippen LogP contribution in [0.1, 0.15) is 12.8 Å². The highest BCUT2D eigenvalue weighted by molar-refractivity contribution is 5.93. The van der Waals surface area contributed by atoms with Crippen molar-refractivity contribution < 1.29 is 17.9 Å². The second kappa shape index (κ2) is 5.34. The number of ether oxygens (including phenoxy) is 1. The molecule has 102 valence electrons. The Balaban J connectivity index is 2.07. The van der Waals surface area contributed by atoms with E-state index in [0.717, 1.165) is 0 Å². The van der Waals surface area contributed by atoms with E-state index in [9.17, 15) is 13.2 Å². The van der Waals surface area contributed by atoms with Crippen molar-refractivity contribution in [3.05, 3.63) is 30.5 Å². The number of rotatable bonds is 4. The average molecular weight is 270 g/mol. The number of hydrogen-bond donors (Lipinski definition) is 1. The highest BCUT2D eigenvalue weighted by Crippen LogP contribution is 2.28. The Hall–Kier alpha value is -1.98. The van der Waals surface area contributed by atoms with Crippen molar-refractivity contribution in [3.8, 4) is 5.75 Å². The van der Waals surface area contributed by atoms with Crippen LogP contribution in [-0.2, 0) is 0 Å². The standard InChI is InChI=1S/C13H13F3N2O/c14-13(15,16)6-2-8-19-11-5-7-18-12-9(11)3-1-4-10(12)17/h1,3-5,7H,2,6,8,17H2. The zero-order valence-corrected chi connectivity index (χ0v) is 10.1. The van der Waals surface area contributed by atoms with Gasteiger partial charge in [-0.25, -0.2) is 0 Å². The van der Waals surface area contributed by atoms with Crippen LogP contribution in [0.5, 0.6) is 5.75 Å². The zero-order valence-electron chi connectivity index (χ0n) is 10.1. The van der Waals surface area contributed by atoms with E-state index in [2.05, 4.69) is 4.98 Å². The Bertz CT molecular complexity index is 569. The molecule has 0 amide bonds. The molecule has 0 spiro atoms. The Morgan fingerprint density at radius 1 is 1.21 bits per heavy atom. The van der Waals surface area contributed by atoms with Crippen molar-refractivity contribution in [2.24, 2.45) is 0 Å². The van der Waals surface area contributed by atoms with Gasteiger partial charge in [-0.3, -0.25) is 4.98 Å². The SMILES string of the molecule is Nc1cccc2c(OCCCC(F)(F)F)ccnc12. The number of anilines is 1. The first-order valence-corrected chi connectivity index (χ1v) is 5.80. The van der Waals surface area contributed by atoms with E-state index in [4.69, 9.17) is 10.5 Å². The Morgan fingerprint density at radius 3 is 2.74 bits per heavy atom. The fourth-order valence-electron chi connectivity index (χ4n) is 1.75. The third-order valence-corrected chi connectivity index (χ3v) is 2.62. The van der Waals surface area contributed by atoms with E-state index in [1.54, 1.807) is 24.3 Å². The third-order valence-electron chi connectivity index (χ3n) is 2.62. The third kappa shape index (κ3) is 3.49. The molecule has 0 saturated heterocycles. The predicted octanol–water partition coefficient (Wildman–Crippen LogP) is 3.54. The fraction of sp³-hybridized carbons (Fsp3) is 0.308. The topological polar surface area (TPSA) is 48.1 Å². The number of alkyl halides is 3. The van der Waals surface area contributed by atoms with Crippen LogP contribution in [0.2, 0.25) is 0 Å². The smallest absolute Gasteiger partial charge is 0.389 e.